The molecule has 1 aliphatic rings. The zero-order chi connectivity index (χ0) is 28.6. The van der Waals surface area contributed by atoms with Gasteiger partial charge in [0.05, 0.1) is 25.6 Å². The lowest BCUT2D eigenvalue weighted by Crippen LogP contribution is -2.29. The van der Waals surface area contributed by atoms with Crippen molar-refractivity contribution in [3.63, 3.8) is 0 Å². The van der Waals surface area contributed by atoms with Crippen molar-refractivity contribution in [1.29, 1.82) is 0 Å². The first-order valence-electron chi connectivity index (χ1n) is 12.5. The minimum Gasteiger partial charge on any atom is -0.374 e. The van der Waals surface area contributed by atoms with E-state index in [1.807, 2.05) is 22.6 Å². The molecular weight excluding hydrogens is 560 g/mol. The lowest BCUT2D eigenvalue weighted by Gasteiger charge is -2.40. The zero-order valence-corrected chi connectivity index (χ0v) is 22.2. The quantitative estimate of drug-likeness (QED) is 0.189. The summed E-state index contributed by atoms with van der Waals surface area (Å²) in [7, 11) is -7.87. The number of benzene rings is 2. The van der Waals surface area contributed by atoms with Crippen LogP contribution < -0.4 is 4.90 Å². The fraction of sp³-hybridized carbons (Fsp3) is 0.346. The molecule has 216 valence electrons. The molecule has 0 saturated carbocycles. The minimum absolute atomic E-state index is 0.0483. The molecule has 1 fully saturated rings. The maximum atomic E-state index is 13.6. The number of aromatic nitrogens is 4. The maximum absolute atomic E-state index is 13.6. The molecule has 5 rings (SSSR count). The summed E-state index contributed by atoms with van der Waals surface area (Å²) >= 11 is 0. The van der Waals surface area contributed by atoms with Crippen LogP contribution in [-0.2, 0) is 22.6 Å². The van der Waals surface area contributed by atoms with Crippen LogP contribution in [0.5, 0.6) is 0 Å². The molecule has 0 amide bonds. The van der Waals surface area contributed by atoms with Crippen LogP contribution in [0.2, 0.25) is 0 Å². The third kappa shape index (κ3) is 6.50. The Morgan fingerprint density at radius 1 is 1.00 bits per heavy atom. The molecule has 4 aromatic rings. The number of fused-ring (bicyclic) bond motifs is 1. The number of halogens is 6. The molecule has 1 saturated heterocycles. The Kier molecular flexibility index (Phi) is 6.99. The molecule has 0 bridgehead atoms. The second-order valence-electron chi connectivity index (χ2n) is 9.78. The molecule has 0 unspecified atom stereocenters. The molecule has 2 aromatic heterocycles. The van der Waals surface area contributed by atoms with Crippen molar-refractivity contribution in [1.82, 2.24) is 19.5 Å². The van der Waals surface area contributed by atoms with Crippen molar-refractivity contribution in [3.8, 4) is 0 Å². The topological polar surface area (TPSA) is 65.3 Å². The highest BCUT2D eigenvalue weighted by Gasteiger charge is 2.65. The number of hydrogen-bond acceptors (Lipinski definition) is 6. The molecule has 0 N–H and O–H groups in total. The van der Waals surface area contributed by atoms with Crippen LogP contribution in [-0.4, -0.2) is 39.3 Å². The normalized spacial score (nSPS) is 19.8. The molecule has 40 heavy (non-hydrogen) atoms. The predicted octanol–water partition coefficient (Wildman–Crippen LogP) is 7.54. The maximum Gasteiger partial charge on any atom is 0.310 e. The fourth-order valence-electron chi connectivity index (χ4n) is 4.67. The predicted molar refractivity (Wildman–Crippen MR) is 139 cm³/mol. The molecule has 0 aliphatic carbocycles. The van der Waals surface area contributed by atoms with Crippen molar-refractivity contribution in [2.24, 2.45) is 0 Å². The van der Waals surface area contributed by atoms with E-state index in [-0.39, 0.29) is 31.4 Å². The Morgan fingerprint density at radius 3 is 2.50 bits per heavy atom. The minimum atomic E-state index is -9.70. The van der Waals surface area contributed by atoms with E-state index in [9.17, 15) is 23.8 Å². The van der Waals surface area contributed by atoms with Gasteiger partial charge < -0.3 is 14.4 Å². The largest absolute Gasteiger partial charge is 0.374 e. The van der Waals surface area contributed by atoms with E-state index in [4.69, 9.17) is 9.47 Å². The van der Waals surface area contributed by atoms with Crippen LogP contribution in [0.15, 0.2) is 66.1 Å². The van der Waals surface area contributed by atoms with E-state index < -0.39 is 15.1 Å². The molecule has 3 heterocycles. The Bertz CT molecular complexity index is 1500. The van der Waals surface area contributed by atoms with Crippen molar-refractivity contribution >= 4 is 27.2 Å². The Balaban J connectivity index is 1.22. The van der Waals surface area contributed by atoms with Crippen LogP contribution in [0, 0.1) is 5.82 Å². The Hall–Kier alpha value is -3.36. The number of anilines is 1. The van der Waals surface area contributed by atoms with Gasteiger partial charge in [0.25, 0.3) is 0 Å². The molecule has 1 aliphatic heterocycles. The second-order valence-corrected chi connectivity index (χ2v) is 12.2. The standard InChI is InChI=1S/C26H27F6N5O2S/c1-36(13-19-4-2-5-20(27)12-19)25-24-26(34-16-33-25)37(17-35-24)23-7-3-6-21(39-23)15-38-14-18-8-10-22(11-9-18)40(28,29,30,31)32/h2,4-5,8-12,16-17,21,23H,3,6-7,13-15H2,1H3/t21-,23+/m0/s1. The van der Waals surface area contributed by atoms with E-state index in [1.165, 1.54) is 18.5 Å². The van der Waals surface area contributed by atoms with Gasteiger partial charge in [0, 0.05) is 13.6 Å². The number of rotatable bonds is 9. The van der Waals surface area contributed by atoms with Crippen LogP contribution in [0.4, 0.5) is 29.6 Å². The first-order valence-corrected chi connectivity index (χ1v) is 14.4. The highest BCUT2D eigenvalue weighted by Crippen LogP contribution is 3.02. The van der Waals surface area contributed by atoms with E-state index in [0.29, 0.717) is 54.1 Å². The summed E-state index contributed by atoms with van der Waals surface area (Å²) in [5.41, 5.74) is 2.26. The van der Waals surface area contributed by atoms with Gasteiger partial charge >= 0.3 is 10.2 Å². The van der Waals surface area contributed by atoms with Crippen LogP contribution in [0.1, 0.15) is 36.6 Å². The molecule has 7 nitrogen and oxygen atoms in total. The third-order valence-electron chi connectivity index (χ3n) is 6.59. The lowest BCUT2D eigenvalue weighted by molar-refractivity contribution is -0.117. The van der Waals surface area contributed by atoms with Crippen molar-refractivity contribution < 1.29 is 33.3 Å². The highest BCUT2D eigenvalue weighted by molar-refractivity contribution is 8.45. The van der Waals surface area contributed by atoms with Crippen LogP contribution in [0.25, 0.3) is 11.2 Å². The SMILES string of the molecule is CN(Cc1cccc(F)c1)c1ncnc2c1ncn2[C@H]1CCC[C@@H](COCc2ccc(S(F)(F)(F)(F)F)cc2)O1. The van der Waals surface area contributed by atoms with E-state index in [2.05, 4.69) is 15.0 Å². The average molecular weight is 588 g/mol. The monoisotopic (exact) mass is 587 g/mol. The van der Waals surface area contributed by atoms with Crippen molar-refractivity contribution in [2.45, 2.75) is 49.6 Å². The highest BCUT2D eigenvalue weighted by atomic mass is 32.5. The molecule has 0 radical (unpaired) electrons. The first kappa shape index (κ1) is 28.2. The van der Waals surface area contributed by atoms with Crippen LogP contribution >= 0.6 is 10.2 Å². The van der Waals surface area contributed by atoms with Gasteiger partial charge in [-0.3, -0.25) is 4.57 Å². The summed E-state index contributed by atoms with van der Waals surface area (Å²) in [5.74, 6) is 0.265. The van der Waals surface area contributed by atoms with E-state index in [1.54, 1.807) is 12.4 Å². The third-order valence-corrected chi connectivity index (χ3v) is 7.75. The van der Waals surface area contributed by atoms with Gasteiger partial charge in [0.1, 0.15) is 23.3 Å². The smallest absolute Gasteiger partial charge is 0.310 e. The average Bonchev–Trinajstić information content (AvgIpc) is 3.32. The van der Waals surface area contributed by atoms with Gasteiger partial charge in [-0.05, 0) is 54.7 Å². The van der Waals surface area contributed by atoms with Gasteiger partial charge in [-0.15, -0.1) is 0 Å². The second kappa shape index (κ2) is 9.93. The zero-order valence-electron chi connectivity index (χ0n) is 21.4. The van der Waals surface area contributed by atoms with Gasteiger partial charge in [-0.2, -0.15) is 0 Å². The lowest BCUT2D eigenvalue weighted by atomic mass is 10.1. The first-order chi connectivity index (χ1) is 18.8. The van der Waals surface area contributed by atoms with Gasteiger partial charge in [-0.25, -0.2) is 19.3 Å². The molecule has 0 spiro atoms. The Labute approximate surface area is 226 Å². The number of hydrogen-bond donors (Lipinski definition) is 0. The fourth-order valence-corrected chi connectivity index (χ4v) is 5.32. The van der Waals surface area contributed by atoms with E-state index >= 15 is 0 Å². The van der Waals surface area contributed by atoms with Crippen molar-refractivity contribution in [3.05, 3.63) is 78.1 Å². The summed E-state index contributed by atoms with van der Waals surface area (Å²) in [4.78, 5) is 13.2. The number of ether oxygens (including phenoxy) is 2. The molecular formula is C26H27F6N5O2S. The molecule has 2 aromatic carbocycles. The van der Waals surface area contributed by atoms with E-state index in [0.717, 1.165) is 24.1 Å². The Morgan fingerprint density at radius 2 is 1.77 bits per heavy atom. The number of imidazole rings is 1. The number of nitrogens with zero attached hydrogens (tertiary/aromatic N) is 5. The summed E-state index contributed by atoms with van der Waals surface area (Å²) in [5, 5.41) is 0. The summed E-state index contributed by atoms with van der Waals surface area (Å²) in [6.45, 7) is 0.537. The molecule has 2 atom stereocenters. The molecule has 14 heteroatoms. The van der Waals surface area contributed by atoms with Crippen LogP contribution in [0.3, 0.4) is 0 Å². The van der Waals surface area contributed by atoms with Gasteiger partial charge in [0.2, 0.25) is 0 Å². The summed E-state index contributed by atoms with van der Waals surface area (Å²) in [6, 6.07) is 9.04. The summed E-state index contributed by atoms with van der Waals surface area (Å²) < 4.78 is 91.8. The summed E-state index contributed by atoms with van der Waals surface area (Å²) in [6.07, 6.45) is 4.64. The van der Waals surface area contributed by atoms with Crippen molar-refractivity contribution in [2.75, 3.05) is 18.6 Å². The van der Waals surface area contributed by atoms with Gasteiger partial charge in [0.15, 0.2) is 17.0 Å². The van der Waals surface area contributed by atoms with Gasteiger partial charge in [-0.1, -0.05) is 43.7 Å².